The lowest BCUT2D eigenvalue weighted by Gasteiger charge is -2.18. The van der Waals surface area contributed by atoms with E-state index in [4.69, 9.17) is 0 Å². The second-order valence-corrected chi connectivity index (χ2v) is 4.39. The summed E-state index contributed by atoms with van der Waals surface area (Å²) in [5.74, 6) is 0.0495. The number of rotatable bonds is 3. The summed E-state index contributed by atoms with van der Waals surface area (Å²) in [7, 11) is 0. The maximum Gasteiger partial charge on any atom is 0.160 e. The summed E-state index contributed by atoms with van der Waals surface area (Å²) < 4.78 is 0. The molecule has 0 radical (unpaired) electrons. The van der Waals surface area contributed by atoms with Crippen LogP contribution in [0, 0.1) is 0 Å². The number of carbonyl (C=O) groups excluding carboxylic acids is 1. The van der Waals surface area contributed by atoms with Gasteiger partial charge in [-0.15, -0.1) is 0 Å². The lowest BCUT2D eigenvalue weighted by Crippen LogP contribution is -2.23. The molecule has 0 unspecified atom stereocenters. The first-order chi connectivity index (χ1) is 6.79. The zero-order chi connectivity index (χ0) is 11.6. The quantitative estimate of drug-likeness (QED) is 0.746. The SMILES string of the molecule is CC(=O)c1ccc(O)cc1CC(C)(C)O. The van der Waals surface area contributed by atoms with Crippen LogP contribution < -0.4 is 0 Å². The molecule has 3 nitrogen and oxygen atoms in total. The molecule has 82 valence electrons. The van der Waals surface area contributed by atoms with Crippen molar-refractivity contribution in [1.29, 1.82) is 0 Å². The monoisotopic (exact) mass is 208 g/mol. The Balaban J connectivity index is 3.13. The first-order valence-corrected chi connectivity index (χ1v) is 4.85. The standard InChI is InChI=1S/C12H16O3/c1-8(13)11-5-4-10(14)6-9(11)7-12(2,3)15/h4-6,14-15H,7H2,1-3H3. The average Bonchev–Trinajstić information content (AvgIpc) is 1.99. The predicted octanol–water partition coefficient (Wildman–Crippen LogP) is 1.91. The molecule has 1 rings (SSSR count). The van der Waals surface area contributed by atoms with Crippen LogP contribution >= 0.6 is 0 Å². The third kappa shape index (κ3) is 3.36. The maximum absolute atomic E-state index is 11.3. The Morgan fingerprint density at radius 1 is 1.40 bits per heavy atom. The van der Waals surface area contributed by atoms with E-state index in [0.29, 0.717) is 17.5 Å². The fourth-order valence-corrected chi connectivity index (χ4v) is 1.54. The number of hydrogen-bond acceptors (Lipinski definition) is 3. The van der Waals surface area contributed by atoms with Crippen molar-refractivity contribution in [2.75, 3.05) is 0 Å². The van der Waals surface area contributed by atoms with Gasteiger partial charge in [-0.1, -0.05) is 0 Å². The molecule has 0 amide bonds. The number of phenols is 1. The fraction of sp³-hybridized carbons (Fsp3) is 0.417. The van der Waals surface area contributed by atoms with E-state index < -0.39 is 5.60 Å². The summed E-state index contributed by atoms with van der Waals surface area (Å²) >= 11 is 0. The minimum Gasteiger partial charge on any atom is -0.508 e. The first kappa shape index (κ1) is 11.7. The van der Waals surface area contributed by atoms with E-state index in [1.165, 1.54) is 19.1 Å². The number of ketones is 1. The number of carbonyl (C=O) groups is 1. The normalized spacial score (nSPS) is 11.5. The van der Waals surface area contributed by atoms with Gasteiger partial charge in [-0.25, -0.2) is 0 Å². The highest BCUT2D eigenvalue weighted by atomic mass is 16.3. The van der Waals surface area contributed by atoms with E-state index in [0.717, 1.165) is 0 Å². The van der Waals surface area contributed by atoms with E-state index in [1.54, 1.807) is 19.9 Å². The fourth-order valence-electron chi connectivity index (χ4n) is 1.54. The highest BCUT2D eigenvalue weighted by Crippen LogP contribution is 2.21. The summed E-state index contributed by atoms with van der Waals surface area (Å²) in [6.07, 6.45) is 0.344. The van der Waals surface area contributed by atoms with Crippen molar-refractivity contribution >= 4 is 5.78 Å². The number of aliphatic hydroxyl groups is 1. The molecule has 0 heterocycles. The van der Waals surface area contributed by atoms with Crippen molar-refractivity contribution in [1.82, 2.24) is 0 Å². The second kappa shape index (κ2) is 4.03. The Labute approximate surface area is 89.4 Å². The molecule has 0 spiro atoms. The molecule has 0 fully saturated rings. The highest BCUT2D eigenvalue weighted by molar-refractivity contribution is 5.95. The topological polar surface area (TPSA) is 57.5 Å². The molecule has 2 N–H and O–H groups in total. The summed E-state index contributed by atoms with van der Waals surface area (Å²) in [5, 5.41) is 19.0. The molecular weight excluding hydrogens is 192 g/mol. The van der Waals surface area contributed by atoms with Gasteiger partial charge in [-0.2, -0.15) is 0 Å². The molecule has 1 aromatic carbocycles. The van der Waals surface area contributed by atoms with Gasteiger partial charge >= 0.3 is 0 Å². The summed E-state index contributed by atoms with van der Waals surface area (Å²) in [4.78, 5) is 11.3. The first-order valence-electron chi connectivity index (χ1n) is 4.85. The van der Waals surface area contributed by atoms with Crippen LogP contribution in [0.3, 0.4) is 0 Å². The molecule has 0 atom stereocenters. The van der Waals surface area contributed by atoms with Crippen LogP contribution in [0.2, 0.25) is 0 Å². The molecule has 0 aliphatic carbocycles. The molecule has 0 aliphatic heterocycles. The van der Waals surface area contributed by atoms with Crippen LogP contribution in [0.25, 0.3) is 0 Å². The number of aromatic hydroxyl groups is 1. The molecule has 15 heavy (non-hydrogen) atoms. The summed E-state index contributed by atoms with van der Waals surface area (Å²) in [5.41, 5.74) is 0.336. The van der Waals surface area contributed by atoms with Gasteiger partial charge in [-0.3, -0.25) is 4.79 Å². The Morgan fingerprint density at radius 2 is 2.00 bits per heavy atom. The predicted molar refractivity (Wildman–Crippen MR) is 58.1 cm³/mol. The Bertz CT molecular complexity index is 375. The van der Waals surface area contributed by atoms with Crippen molar-refractivity contribution in [3.63, 3.8) is 0 Å². The van der Waals surface area contributed by atoms with Gasteiger partial charge in [0.15, 0.2) is 5.78 Å². The van der Waals surface area contributed by atoms with Crippen molar-refractivity contribution in [3.05, 3.63) is 29.3 Å². The average molecular weight is 208 g/mol. The largest absolute Gasteiger partial charge is 0.508 e. The van der Waals surface area contributed by atoms with Gasteiger partial charge in [-0.05, 0) is 44.5 Å². The second-order valence-electron chi connectivity index (χ2n) is 4.39. The van der Waals surface area contributed by atoms with Crippen molar-refractivity contribution < 1.29 is 15.0 Å². The number of benzene rings is 1. The Morgan fingerprint density at radius 3 is 2.47 bits per heavy atom. The number of phenolic OH excluding ortho intramolecular Hbond substituents is 1. The highest BCUT2D eigenvalue weighted by Gasteiger charge is 2.17. The number of hydrogen-bond donors (Lipinski definition) is 2. The third-order valence-corrected chi connectivity index (χ3v) is 2.09. The van der Waals surface area contributed by atoms with Crippen LogP contribution in [-0.2, 0) is 6.42 Å². The van der Waals surface area contributed by atoms with Gasteiger partial charge in [0, 0.05) is 12.0 Å². The molecule has 1 aromatic rings. The third-order valence-electron chi connectivity index (χ3n) is 2.09. The van der Waals surface area contributed by atoms with E-state index in [1.807, 2.05) is 0 Å². The van der Waals surface area contributed by atoms with Gasteiger partial charge in [0.05, 0.1) is 5.60 Å². The zero-order valence-electron chi connectivity index (χ0n) is 9.24. The molecule has 0 aromatic heterocycles. The molecule has 0 saturated carbocycles. The molecule has 0 saturated heterocycles. The number of Topliss-reactive ketones (excluding diaryl/α,β-unsaturated/α-hetero) is 1. The van der Waals surface area contributed by atoms with E-state index in [-0.39, 0.29) is 11.5 Å². The summed E-state index contributed by atoms with van der Waals surface area (Å²) in [6.45, 7) is 4.81. The summed E-state index contributed by atoms with van der Waals surface area (Å²) in [6, 6.07) is 4.58. The van der Waals surface area contributed by atoms with Gasteiger partial charge in [0.2, 0.25) is 0 Å². The van der Waals surface area contributed by atoms with Crippen LogP contribution in [0.15, 0.2) is 18.2 Å². The zero-order valence-corrected chi connectivity index (χ0v) is 9.24. The molecule has 0 aliphatic rings. The van der Waals surface area contributed by atoms with Crippen LogP contribution in [0.5, 0.6) is 5.75 Å². The minimum atomic E-state index is -0.891. The lowest BCUT2D eigenvalue weighted by molar-refractivity contribution is 0.0805. The smallest absolute Gasteiger partial charge is 0.160 e. The molecule has 0 bridgehead atoms. The van der Waals surface area contributed by atoms with Crippen molar-refractivity contribution in [2.24, 2.45) is 0 Å². The maximum atomic E-state index is 11.3. The Kier molecular flexibility index (Phi) is 3.15. The van der Waals surface area contributed by atoms with Crippen molar-refractivity contribution in [2.45, 2.75) is 32.8 Å². The van der Waals surface area contributed by atoms with Crippen LogP contribution in [-0.4, -0.2) is 21.6 Å². The van der Waals surface area contributed by atoms with E-state index in [2.05, 4.69) is 0 Å². The van der Waals surface area contributed by atoms with Crippen molar-refractivity contribution in [3.8, 4) is 5.75 Å². The minimum absolute atomic E-state index is 0.0609. The molecular formula is C12H16O3. The van der Waals surface area contributed by atoms with E-state index in [9.17, 15) is 15.0 Å². The Hall–Kier alpha value is -1.35. The van der Waals surface area contributed by atoms with Crippen LogP contribution in [0.1, 0.15) is 36.7 Å². The van der Waals surface area contributed by atoms with Gasteiger partial charge in [0.25, 0.3) is 0 Å². The van der Waals surface area contributed by atoms with Gasteiger partial charge in [0.1, 0.15) is 5.75 Å². The van der Waals surface area contributed by atoms with Crippen LogP contribution in [0.4, 0.5) is 0 Å². The lowest BCUT2D eigenvalue weighted by atomic mass is 9.93. The van der Waals surface area contributed by atoms with E-state index >= 15 is 0 Å². The van der Waals surface area contributed by atoms with Gasteiger partial charge < -0.3 is 10.2 Å². The molecule has 3 heteroatoms.